The molecule has 1 amide bonds. The van der Waals surface area contributed by atoms with Crippen LogP contribution in [0.2, 0.25) is 0 Å². The van der Waals surface area contributed by atoms with Gasteiger partial charge in [0.15, 0.2) is 0 Å². The van der Waals surface area contributed by atoms with Crippen LogP contribution in [-0.2, 0) is 11.3 Å². The van der Waals surface area contributed by atoms with Crippen molar-refractivity contribution in [1.29, 1.82) is 0 Å². The molecule has 0 radical (unpaired) electrons. The topological polar surface area (TPSA) is 72.7 Å². The van der Waals surface area contributed by atoms with Crippen molar-refractivity contribution < 1.29 is 4.79 Å². The summed E-state index contributed by atoms with van der Waals surface area (Å²) in [4.78, 5) is 15.4. The Morgan fingerprint density at radius 1 is 1.53 bits per heavy atom. The molecule has 2 rings (SSSR count). The zero-order valence-corrected chi connectivity index (χ0v) is 10.5. The summed E-state index contributed by atoms with van der Waals surface area (Å²) in [5.41, 5.74) is 1.54. The Bertz CT molecular complexity index is 549. The van der Waals surface area contributed by atoms with Crippen LogP contribution in [0.25, 0.3) is 5.69 Å². The summed E-state index contributed by atoms with van der Waals surface area (Å²) < 4.78 is 1.62. The third-order valence-corrected chi connectivity index (χ3v) is 2.49. The number of hydrogen-bond acceptors (Lipinski definition) is 4. The van der Waals surface area contributed by atoms with E-state index in [-0.39, 0.29) is 5.91 Å². The smallest absolute Gasteiger partial charge is 0.220 e. The third-order valence-electron chi connectivity index (χ3n) is 2.49. The minimum absolute atomic E-state index is 0.0178. The van der Waals surface area contributed by atoms with E-state index in [1.807, 2.05) is 12.1 Å². The normalized spacial score (nSPS) is 10.1. The summed E-state index contributed by atoms with van der Waals surface area (Å²) in [6, 6.07) is 3.71. The molecular formula is C13H15N5O. The highest BCUT2D eigenvalue weighted by Crippen LogP contribution is 2.03. The minimum Gasteiger partial charge on any atom is -0.350 e. The number of allylic oxidation sites excluding steroid dienone is 1. The van der Waals surface area contributed by atoms with E-state index in [4.69, 9.17) is 0 Å². The molecule has 0 atom stereocenters. The monoisotopic (exact) mass is 257 g/mol. The number of hydrogen-bond donors (Lipinski definition) is 1. The van der Waals surface area contributed by atoms with Crippen molar-refractivity contribution in [2.24, 2.45) is 0 Å². The van der Waals surface area contributed by atoms with Crippen LogP contribution >= 0.6 is 0 Å². The Labute approximate surface area is 111 Å². The Balaban J connectivity index is 1.91. The Kier molecular flexibility index (Phi) is 4.39. The predicted molar refractivity (Wildman–Crippen MR) is 70.4 cm³/mol. The van der Waals surface area contributed by atoms with Gasteiger partial charge in [-0.25, -0.2) is 4.68 Å². The molecule has 0 unspecified atom stereocenters. The molecule has 19 heavy (non-hydrogen) atoms. The van der Waals surface area contributed by atoms with Gasteiger partial charge in [-0.05, 0) is 18.6 Å². The molecule has 2 aromatic rings. The summed E-state index contributed by atoms with van der Waals surface area (Å²) >= 11 is 0. The Morgan fingerprint density at radius 3 is 3.16 bits per heavy atom. The molecule has 0 saturated carbocycles. The van der Waals surface area contributed by atoms with E-state index in [9.17, 15) is 4.79 Å². The first-order chi connectivity index (χ1) is 9.29. The molecule has 0 bridgehead atoms. The number of nitrogens with zero attached hydrogens (tertiary/aromatic N) is 4. The van der Waals surface area contributed by atoms with Crippen LogP contribution in [0.5, 0.6) is 0 Å². The van der Waals surface area contributed by atoms with Gasteiger partial charge >= 0.3 is 0 Å². The maximum absolute atomic E-state index is 11.4. The van der Waals surface area contributed by atoms with Crippen LogP contribution in [-0.4, -0.2) is 25.9 Å². The Hall–Kier alpha value is -2.50. The van der Waals surface area contributed by atoms with Crippen molar-refractivity contribution in [3.8, 4) is 5.69 Å². The molecule has 6 nitrogen and oxygen atoms in total. The van der Waals surface area contributed by atoms with Crippen LogP contribution < -0.4 is 5.32 Å². The molecule has 98 valence electrons. The summed E-state index contributed by atoms with van der Waals surface area (Å²) in [5, 5.41) is 10.8. The van der Waals surface area contributed by atoms with Crippen LogP contribution in [0.15, 0.2) is 43.4 Å². The van der Waals surface area contributed by atoms with Crippen molar-refractivity contribution in [2.75, 3.05) is 0 Å². The molecule has 0 aliphatic carbocycles. The highest BCUT2D eigenvalue weighted by molar-refractivity contribution is 5.75. The van der Waals surface area contributed by atoms with Gasteiger partial charge in [-0.15, -0.1) is 11.7 Å². The maximum Gasteiger partial charge on any atom is 0.220 e. The van der Waals surface area contributed by atoms with Crippen LogP contribution in [0.3, 0.4) is 0 Å². The number of carbonyl (C=O) groups is 1. The number of nitrogens with one attached hydrogen (secondary N) is 1. The van der Waals surface area contributed by atoms with Gasteiger partial charge in [0.05, 0.1) is 24.6 Å². The lowest BCUT2D eigenvalue weighted by Crippen LogP contribution is -2.22. The third kappa shape index (κ3) is 3.74. The van der Waals surface area contributed by atoms with Gasteiger partial charge < -0.3 is 5.32 Å². The molecule has 0 spiro atoms. The molecule has 1 N–H and O–H groups in total. The van der Waals surface area contributed by atoms with Gasteiger partial charge in [0.1, 0.15) is 5.69 Å². The van der Waals surface area contributed by atoms with Crippen molar-refractivity contribution in [1.82, 2.24) is 25.3 Å². The summed E-state index contributed by atoms with van der Waals surface area (Å²) in [6.07, 6.45) is 8.00. The first kappa shape index (κ1) is 12.9. The lowest BCUT2D eigenvalue weighted by molar-refractivity contribution is -0.121. The first-order valence-electron chi connectivity index (χ1n) is 5.99. The SMILES string of the molecule is C=CCCC(=O)NCc1cn(-c2cccnc2)nn1. The first-order valence-corrected chi connectivity index (χ1v) is 5.99. The van der Waals surface area contributed by atoms with Crippen LogP contribution in [0.1, 0.15) is 18.5 Å². The number of rotatable bonds is 6. The van der Waals surface area contributed by atoms with E-state index in [0.29, 0.717) is 25.1 Å². The van der Waals surface area contributed by atoms with Gasteiger partial charge in [0.2, 0.25) is 5.91 Å². The fourth-order valence-corrected chi connectivity index (χ4v) is 1.51. The van der Waals surface area contributed by atoms with E-state index in [1.54, 1.807) is 29.3 Å². The molecule has 0 aliphatic heterocycles. The largest absolute Gasteiger partial charge is 0.350 e. The standard InChI is InChI=1S/C13H15N5O/c1-2-3-6-13(19)15-8-11-10-18(17-16-11)12-5-4-7-14-9-12/h2,4-5,7,9-10H,1,3,6,8H2,(H,15,19). The van der Waals surface area contributed by atoms with Crippen LogP contribution in [0.4, 0.5) is 0 Å². The highest BCUT2D eigenvalue weighted by atomic mass is 16.1. The second-order valence-electron chi connectivity index (χ2n) is 3.97. The molecule has 2 aromatic heterocycles. The van der Waals surface area contributed by atoms with Gasteiger partial charge in [-0.3, -0.25) is 9.78 Å². The van der Waals surface area contributed by atoms with E-state index in [0.717, 1.165) is 5.69 Å². The molecule has 6 heteroatoms. The van der Waals surface area contributed by atoms with Crippen LogP contribution in [0, 0.1) is 0 Å². The predicted octanol–water partition coefficient (Wildman–Crippen LogP) is 1.24. The second kappa shape index (κ2) is 6.44. The number of pyridine rings is 1. The average Bonchev–Trinajstić information content (AvgIpc) is 2.93. The number of carbonyl (C=O) groups excluding carboxylic acids is 1. The van der Waals surface area contributed by atoms with Crippen molar-refractivity contribution in [3.63, 3.8) is 0 Å². The van der Waals surface area contributed by atoms with Crippen molar-refractivity contribution in [2.45, 2.75) is 19.4 Å². The molecule has 0 fully saturated rings. The Morgan fingerprint density at radius 2 is 2.42 bits per heavy atom. The van der Waals surface area contributed by atoms with Gasteiger partial charge in [-0.2, -0.15) is 0 Å². The molecular weight excluding hydrogens is 242 g/mol. The second-order valence-corrected chi connectivity index (χ2v) is 3.97. The van der Waals surface area contributed by atoms with E-state index in [2.05, 4.69) is 27.2 Å². The quantitative estimate of drug-likeness (QED) is 0.790. The fraction of sp³-hybridized carbons (Fsp3) is 0.231. The van der Waals surface area contributed by atoms with E-state index in [1.165, 1.54) is 0 Å². The van der Waals surface area contributed by atoms with E-state index < -0.39 is 0 Å². The van der Waals surface area contributed by atoms with Gasteiger partial charge in [0.25, 0.3) is 0 Å². The molecule has 0 aromatic carbocycles. The number of amides is 1. The molecule has 2 heterocycles. The van der Waals surface area contributed by atoms with Gasteiger partial charge in [0, 0.05) is 12.6 Å². The highest BCUT2D eigenvalue weighted by Gasteiger charge is 2.04. The molecule has 0 aliphatic rings. The van der Waals surface area contributed by atoms with Gasteiger partial charge in [-0.1, -0.05) is 11.3 Å². The van der Waals surface area contributed by atoms with Crippen molar-refractivity contribution >= 4 is 5.91 Å². The zero-order valence-electron chi connectivity index (χ0n) is 10.5. The number of aromatic nitrogens is 4. The van der Waals surface area contributed by atoms with E-state index >= 15 is 0 Å². The summed E-state index contributed by atoms with van der Waals surface area (Å²) in [5.74, 6) is -0.0178. The lowest BCUT2D eigenvalue weighted by atomic mass is 10.3. The summed E-state index contributed by atoms with van der Waals surface area (Å²) in [6.45, 7) is 3.95. The fourth-order valence-electron chi connectivity index (χ4n) is 1.51. The maximum atomic E-state index is 11.4. The molecule has 0 saturated heterocycles. The average molecular weight is 257 g/mol. The van der Waals surface area contributed by atoms with Crippen molar-refractivity contribution in [3.05, 3.63) is 49.1 Å². The minimum atomic E-state index is -0.0178. The lowest BCUT2D eigenvalue weighted by Gasteiger charge is -2.00. The zero-order chi connectivity index (χ0) is 13.5. The summed E-state index contributed by atoms with van der Waals surface area (Å²) in [7, 11) is 0.